The Bertz CT molecular complexity index is 1120. The molecule has 1 amide bonds. The average molecular weight is 483 g/mol. The lowest BCUT2D eigenvalue weighted by Crippen LogP contribution is -2.24. The van der Waals surface area contributed by atoms with Crippen molar-refractivity contribution in [1.29, 1.82) is 0 Å². The number of methoxy groups -OCH3 is 1. The van der Waals surface area contributed by atoms with Crippen LogP contribution < -0.4 is 25.6 Å². The molecule has 0 aliphatic carbocycles. The molecule has 0 saturated heterocycles. The zero-order chi connectivity index (χ0) is 24.5. The maximum absolute atomic E-state index is 12.2. The van der Waals surface area contributed by atoms with E-state index in [0.717, 1.165) is 37.3 Å². The number of benzene rings is 2. The molecule has 3 N–H and O–H groups in total. The SMILES string of the molecule is CCCN(CCC)c1ccc(Nc2ncc(Cl)c(Nc3ccccc3C(=O)NC)n2)c(OC)c1. The second kappa shape index (κ2) is 12.1. The van der Waals surface area contributed by atoms with Crippen molar-refractivity contribution in [3.63, 3.8) is 0 Å². The zero-order valence-corrected chi connectivity index (χ0v) is 20.7. The van der Waals surface area contributed by atoms with Crippen LogP contribution in [0.1, 0.15) is 37.0 Å². The van der Waals surface area contributed by atoms with Crippen molar-refractivity contribution in [2.45, 2.75) is 26.7 Å². The summed E-state index contributed by atoms with van der Waals surface area (Å²) >= 11 is 6.34. The highest BCUT2D eigenvalue weighted by atomic mass is 35.5. The normalized spacial score (nSPS) is 10.5. The van der Waals surface area contributed by atoms with E-state index in [1.165, 1.54) is 6.20 Å². The molecule has 0 saturated carbocycles. The number of halogens is 1. The molecular formula is C25H31ClN6O2. The van der Waals surface area contributed by atoms with E-state index in [9.17, 15) is 4.79 Å². The van der Waals surface area contributed by atoms with Gasteiger partial charge in [-0.1, -0.05) is 37.6 Å². The molecule has 34 heavy (non-hydrogen) atoms. The number of carbonyl (C=O) groups excluding carboxylic acids is 1. The van der Waals surface area contributed by atoms with Crippen LogP contribution in [0.2, 0.25) is 5.02 Å². The maximum Gasteiger partial charge on any atom is 0.253 e. The number of para-hydroxylation sites is 1. The Morgan fingerprint density at radius 2 is 1.79 bits per heavy atom. The molecule has 9 heteroatoms. The molecule has 2 aromatic carbocycles. The molecule has 180 valence electrons. The first-order chi connectivity index (χ1) is 16.5. The summed E-state index contributed by atoms with van der Waals surface area (Å²) in [6.45, 7) is 6.31. The van der Waals surface area contributed by atoms with Gasteiger partial charge in [-0.3, -0.25) is 4.79 Å². The second-order valence-electron chi connectivity index (χ2n) is 7.64. The highest BCUT2D eigenvalue weighted by molar-refractivity contribution is 6.33. The Kier molecular flexibility index (Phi) is 8.93. The first-order valence-electron chi connectivity index (χ1n) is 11.3. The molecule has 0 unspecified atom stereocenters. The van der Waals surface area contributed by atoms with Crippen LogP contribution in [-0.2, 0) is 0 Å². The Morgan fingerprint density at radius 1 is 1.06 bits per heavy atom. The van der Waals surface area contributed by atoms with Crippen molar-refractivity contribution in [1.82, 2.24) is 15.3 Å². The van der Waals surface area contributed by atoms with E-state index in [4.69, 9.17) is 16.3 Å². The van der Waals surface area contributed by atoms with Crippen molar-refractivity contribution < 1.29 is 9.53 Å². The number of anilines is 5. The number of hydrogen-bond donors (Lipinski definition) is 3. The fourth-order valence-electron chi connectivity index (χ4n) is 3.58. The molecule has 1 aromatic heterocycles. The predicted octanol–water partition coefficient (Wildman–Crippen LogP) is 5.61. The van der Waals surface area contributed by atoms with Crippen LogP contribution in [-0.4, -0.2) is 43.1 Å². The van der Waals surface area contributed by atoms with Gasteiger partial charge in [-0.2, -0.15) is 4.98 Å². The van der Waals surface area contributed by atoms with Gasteiger partial charge in [0.15, 0.2) is 5.82 Å². The summed E-state index contributed by atoms with van der Waals surface area (Å²) in [7, 11) is 3.22. The van der Waals surface area contributed by atoms with Crippen molar-refractivity contribution in [3.8, 4) is 5.75 Å². The highest BCUT2D eigenvalue weighted by Gasteiger charge is 2.14. The molecule has 0 atom stereocenters. The largest absolute Gasteiger partial charge is 0.494 e. The fourth-order valence-corrected chi connectivity index (χ4v) is 3.72. The monoisotopic (exact) mass is 482 g/mol. The van der Waals surface area contributed by atoms with Crippen molar-refractivity contribution >= 4 is 46.3 Å². The highest BCUT2D eigenvalue weighted by Crippen LogP contribution is 2.33. The lowest BCUT2D eigenvalue weighted by Gasteiger charge is -2.25. The quantitative estimate of drug-likeness (QED) is 0.327. The van der Waals surface area contributed by atoms with Gasteiger partial charge in [-0.05, 0) is 37.1 Å². The number of amides is 1. The smallest absolute Gasteiger partial charge is 0.253 e. The third-order valence-electron chi connectivity index (χ3n) is 5.18. The molecular weight excluding hydrogens is 452 g/mol. The number of hydrogen-bond acceptors (Lipinski definition) is 7. The minimum Gasteiger partial charge on any atom is -0.494 e. The number of rotatable bonds is 11. The van der Waals surface area contributed by atoms with E-state index in [1.54, 1.807) is 32.4 Å². The summed E-state index contributed by atoms with van der Waals surface area (Å²) in [4.78, 5) is 23.4. The second-order valence-corrected chi connectivity index (χ2v) is 8.04. The molecule has 0 spiro atoms. The summed E-state index contributed by atoms with van der Waals surface area (Å²) < 4.78 is 5.64. The van der Waals surface area contributed by atoms with Crippen LogP contribution in [0.5, 0.6) is 5.75 Å². The third kappa shape index (κ3) is 6.08. The van der Waals surface area contributed by atoms with Gasteiger partial charge in [-0.25, -0.2) is 4.98 Å². The first kappa shape index (κ1) is 25.1. The summed E-state index contributed by atoms with van der Waals surface area (Å²) in [6.07, 6.45) is 3.65. The standard InChI is InChI=1S/C25H31ClN6O2/c1-5-13-32(14-6-2)17-11-12-21(22(15-17)34-4)30-25-28-16-19(26)23(31-25)29-20-10-8-7-9-18(20)24(33)27-3/h7-12,15-16H,5-6,13-14H2,1-4H3,(H,27,33)(H2,28,29,30,31). The summed E-state index contributed by atoms with van der Waals surface area (Å²) in [6, 6.07) is 13.2. The third-order valence-corrected chi connectivity index (χ3v) is 5.46. The van der Waals surface area contributed by atoms with E-state index < -0.39 is 0 Å². The molecule has 1 heterocycles. The lowest BCUT2D eigenvalue weighted by atomic mass is 10.1. The molecule has 0 fully saturated rings. The van der Waals surface area contributed by atoms with Crippen molar-refractivity contribution in [2.75, 3.05) is 42.8 Å². The first-order valence-corrected chi connectivity index (χ1v) is 11.7. The number of nitrogens with zero attached hydrogens (tertiary/aromatic N) is 3. The average Bonchev–Trinajstić information content (AvgIpc) is 2.86. The van der Waals surface area contributed by atoms with Gasteiger partial charge in [0.1, 0.15) is 10.8 Å². The summed E-state index contributed by atoms with van der Waals surface area (Å²) in [5.41, 5.74) is 2.91. The van der Waals surface area contributed by atoms with Gasteiger partial charge in [0.05, 0.1) is 30.2 Å². The van der Waals surface area contributed by atoms with E-state index in [1.807, 2.05) is 18.2 Å². The molecule has 0 radical (unpaired) electrons. The molecule has 3 aromatic rings. The van der Waals surface area contributed by atoms with Gasteiger partial charge in [-0.15, -0.1) is 0 Å². The molecule has 8 nitrogen and oxygen atoms in total. The number of ether oxygens (including phenoxy) is 1. The fraction of sp³-hybridized carbons (Fsp3) is 0.320. The van der Waals surface area contributed by atoms with Crippen molar-refractivity contribution in [2.24, 2.45) is 0 Å². The van der Waals surface area contributed by atoms with Crippen molar-refractivity contribution in [3.05, 3.63) is 59.2 Å². The number of carbonyl (C=O) groups is 1. The van der Waals surface area contributed by atoms with Crippen LogP contribution in [0.15, 0.2) is 48.7 Å². The Morgan fingerprint density at radius 3 is 2.47 bits per heavy atom. The minimum absolute atomic E-state index is 0.211. The van der Waals surface area contributed by atoms with Crippen LogP contribution in [0.3, 0.4) is 0 Å². The van der Waals surface area contributed by atoms with E-state index in [-0.39, 0.29) is 5.91 Å². The Hall–Kier alpha value is -3.52. The van der Waals surface area contributed by atoms with Crippen LogP contribution in [0.25, 0.3) is 0 Å². The van der Waals surface area contributed by atoms with E-state index in [2.05, 4.69) is 50.7 Å². The van der Waals surface area contributed by atoms with Crippen LogP contribution in [0.4, 0.5) is 28.8 Å². The van der Waals surface area contributed by atoms with Gasteiger partial charge in [0, 0.05) is 31.9 Å². The maximum atomic E-state index is 12.2. The zero-order valence-electron chi connectivity index (χ0n) is 20.0. The summed E-state index contributed by atoms with van der Waals surface area (Å²) in [5, 5.41) is 9.31. The van der Waals surface area contributed by atoms with E-state index >= 15 is 0 Å². The number of nitrogens with one attached hydrogen (secondary N) is 3. The van der Waals surface area contributed by atoms with Crippen LogP contribution >= 0.6 is 11.6 Å². The molecule has 0 aliphatic heterocycles. The van der Waals surface area contributed by atoms with Gasteiger partial charge >= 0.3 is 0 Å². The molecule has 0 bridgehead atoms. The number of aromatic nitrogens is 2. The predicted molar refractivity (Wildman–Crippen MR) is 139 cm³/mol. The van der Waals surface area contributed by atoms with E-state index in [0.29, 0.717) is 33.8 Å². The Labute approximate surface area is 205 Å². The molecule has 3 rings (SSSR count). The Balaban J connectivity index is 1.86. The van der Waals surface area contributed by atoms with Gasteiger partial charge in [0.25, 0.3) is 5.91 Å². The minimum atomic E-state index is -0.211. The van der Waals surface area contributed by atoms with Gasteiger partial charge in [0.2, 0.25) is 5.95 Å². The molecule has 0 aliphatic rings. The topological polar surface area (TPSA) is 91.4 Å². The van der Waals surface area contributed by atoms with Crippen LogP contribution in [0, 0.1) is 0 Å². The van der Waals surface area contributed by atoms with Gasteiger partial charge < -0.3 is 25.6 Å². The lowest BCUT2D eigenvalue weighted by molar-refractivity contribution is 0.0964. The summed E-state index contributed by atoms with van der Waals surface area (Å²) in [5.74, 6) is 1.20.